The predicted molar refractivity (Wildman–Crippen MR) is 111 cm³/mol. The molecule has 0 radical (unpaired) electrons. The van der Waals surface area contributed by atoms with Crippen LogP contribution in [-0.2, 0) is 4.79 Å². The number of anilines is 2. The molecule has 0 aromatic heterocycles. The summed E-state index contributed by atoms with van der Waals surface area (Å²) in [6.07, 6.45) is 0. The van der Waals surface area contributed by atoms with Gasteiger partial charge in [0.05, 0.1) is 0 Å². The number of nitrogen functional groups attached to an aromatic ring is 1. The molecule has 22 heavy (non-hydrogen) atoms. The summed E-state index contributed by atoms with van der Waals surface area (Å²) >= 11 is 4.45. The van der Waals surface area contributed by atoms with Crippen molar-refractivity contribution in [2.45, 2.75) is 20.8 Å². The first-order chi connectivity index (χ1) is 10.2. The summed E-state index contributed by atoms with van der Waals surface area (Å²) in [4.78, 5) is 11.6. The highest BCUT2D eigenvalue weighted by atomic mass is 127. The molecule has 0 unspecified atom stereocenters. The molecule has 5 heteroatoms. The second-order valence-electron chi connectivity index (χ2n) is 5.77. The van der Waals surface area contributed by atoms with Crippen molar-refractivity contribution in [2.24, 2.45) is 5.41 Å². The van der Waals surface area contributed by atoms with E-state index in [9.17, 15) is 4.79 Å². The molecule has 0 fully saturated rings. The normalized spacial score (nSPS) is 10.4. The van der Waals surface area contributed by atoms with Crippen molar-refractivity contribution >= 4 is 62.5 Å². The van der Waals surface area contributed by atoms with Gasteiger partial charge in [-0.1, -0.05) is 32.9 Å². The minimum Gasteiger partial charge on any atom is -0.399 e. The van der Waals surface area contributed by atoms with E-state index in [2.05, 4.69) is 50.5 Å². The highest BCUT2D eigenvalue weighted by Crippen LogP contribution is 2.18. The van der Waals surface area contributed by atoms with Gasteiger partial charge < -0.3 is 11.1 Å². The zero-order valence-corrected chi connectivity index (χ0v) is 17.2. The van der Waals surface area contributed by atoms with Gasteiger partial charge in [-0.15, -0.1) is 0 Å². The van der Waals surface area contributed by atoms with E-state index in [0.29, 0.717) is 0 Å². The zero-order chi connectivity index (χ0) is 16.8. The van der Waals surface area contributed by atoms with Crippen molar-refractivity contribution in [3.05, 3.63) is 55.7 Å². The lowest BCUT2D eigenvalue weighted by Gasteiger charge is -2.17. The molecule has 0 aliphatic carbocycles. The molecule has 3 nitrogen and oxygen atoms in total. The average molecular weight is 522 g/mol. The summed E-state index contributed by atoms with van der Waals surface area (Å²) in [7, 11) is 0. The van der Waals surface area contributed by atoms with Gasteiger partial charge in [0.1, 0.15) is 0 Å². The van der Waals surface area contributed by atoms with Crippen LogP contribution in [0, 0.1) is 12.6 Å². The van der Waals surface area contributed by atoms with Gasteiger partial charge in [0.2, 0.25) is 5.91 Å². The first kappa shape index (κ1) is 19.2. The van der Waals surface area contributed by atoms with Crippen LogP contribution >= 0.6 is 45.2 Å². The van der Waals surface area contributed by atoms with Crippen LogP contribution in [0.5, 0.6) is 0 Å². The Morgan fingerprint density at radius 1 is 1.00 bits per heavy atom. The number of rotatable bonds is 1. The standard InChI is InChI=1S/C11H14INO.C6H6IN/c1-11(2,3)10(14)13-9-6-4-5-8(12)7-9;7-5-2-1-3-6(8)4-5/h4-7H,1-3H3,(H,13,14);1-4H,8H2. The molecule has 2 aromatic rings. The number of hydrogen-bond donors (Lipinski definition) is 2. The maximum absolute atomic E-state index is 11.6. The maximum atomic E-state index is 11.6. The van der Waals surface area contributed by atoms with Crippen molar-refractivity contribution in [3.63, 3.8) is 0 Å². The lowest BCUT2D eigenvalue weighted by molar-refractivity contribution is -0.123. The second-order valence-corrected chi connectivity index (χ2v) is 8.26. The van der Waals surface area contributed by atoms with E-state index in [1.807, 2.05) is 69.3 Å². The number of amides is 1. The van der Waals surface area contributed by atoms with Gasteiger partial charge in [0.25, 0.3) is 0 Å². The minimum absolute atomic E-state index is 0.0412. The topological polar surface area (TPSA) is 55.1 Å². The van der Waals surface area contributed by atoms with Gasteiger partial charge in [-0.3, -0.25) is 4.79 Å². The van der Waals surface area contributed by atoms with Gasteiger partial charge in [-0.25, -0.2) is 0 Å². The molecule has 0 aliphatic rings. The second kappa shape index (κ2) is 8.71. The van der Waals surface area contributed by atoms with Crippen molar-refractivity contribution in [1.82, 2.24) is 0 Å². The third-order valence-corrected chi connectivity index (χ3v) is 3.95. The predicted octanol–water partition coefficient (Wildman–Crippen LogP) is 5.15. The fourth-order valence-electron chi connectivity index (χ4n) is 1.39. The van der Waals surface area contributed by atoms with E-state index in [0.717, 1.165) is 14.9 Å². The number of nitrogens with two attached hydrogens (primary N) is 1. The van der Waals surface area contributed by atoms with Crippen molar-refractivity contribution in [2.75, 3.05) is 11.1 Å². The molecule has 0 bridgehead atoms. The summed E-state index contributed by atoms with van der Waals surface area (Å²) in [5.74, 6) is 0.0412. The Bertz CT molecular complexity index is 619. The molecule has 118 valence electrons. The highest BCUT2D eigenvalue weighted by Gasteiger charge is 2.20. The Morgan fingerprint density at radius 2 is 1.55 bits per heavy atom. The average Bonchev–Trinajstić information content (AvgIpc) is 2.38. The summed E-state index contributed by atoms with van der Waals surface area (Å²) in [6, 6.07) is 15.5. The van der Waals surface area contributed by atoms with Crippen LogP contribution < -0.4 is 11.1 Å². The highest BCUT2D eigenvalue weighted by molar-refractivity contribution is 14.1. The Morgan fingerprint density at radius 3 is 1.95 bits per heavy atom. The van der Waals surface area contributed by atoms with Crippen LogP contribution in [0.1, 0.15) is 20.8 Å². The maximum Gasteiger partial charge on any atom is 0.229 e. The molecule has 2 aromatic carbocycles. The van der Waals surface area contributed by atoms with E-state index in [1.165, 1.54) is 3.57 Å². The van der Waals surface area contributed by atoms with Crippen LogP contribution in [0.3, 0.4) is 0 Å². The van der Waals surface area contributed by atoms with Crippen LogP contribution in [0.4, 0.5) is 11.4 Å². The molecule has 0 heterocycles. The number of carbonyl (C=O) groups is 1. The molecule has 2 rings (SSSR count). The van der Waals surface area contributed by atoms with Crippen molar-refractivity contribution in [3.8, 4) is 0 Å². The number of halogens is 2. The zero-order valence-electron chi connectivity index (χ0n) is 12.9. The van der Waals surface area contributed by atoms with E-state index < -0.39 is 0 Å². The number of carbonyl (C=O) groups excluding carboxylic acids is 1. The molecular weight excluding hydrogens is 502 g/mol. The SMILES string of the molecule is CC(C)(C)C(=O)Nc1cccc(I)c1.Nc1cccc(I)c1. The third kappa shape index (κ3) is 7.44. The van der Waals surface area contributed by atoms with Gasteiger partial charge in [-0.2, -0.15) is 0 Å². The first-order valence-corrected chi connectivity index (χ1v) is 8.92. The van der Waals surface area contributed by atoms with Gasteiger partial charge in [0.15, 0.2) is 0 Å². The van der Waals surface area contributed by atoms with Crippen molar-refractivity contribution < 1.29 is 4.79 Å². The monoisotopic (exact) mass is 522 g/mol. The quantitative estimate of drug-likeness (QED) is 0.403. The lowest BCUT2D eigenvalue weighted by Crippen LogP contribution is -2.27. The summed E-state index contributed by atoms with van der Waals surface area (Å²) in [5.41, 5.74) is 6.80. The van der Waals surface area contributed by atoms with Crippen LogP contribution in [-0.4, -0.2) is 5.91 Å². The van der Waals surface area contributed by atoms with Crippen LogP contribution in [0.25, 0.3) is 0 Å². The molecule has 3 N–H and O–H groups in total. The third-order valence-electron chi connectivity index (χ3n) is 2.61. The van der Waals surface area contributed by atoms with Crippen LogP contribution in [0.2, 0.25) is 0 Å². The minimum atomic E-state index is -0.346. The van der Waals surface area contributed by atoms with Gasteiger partial charge >= 0.3 is 0 Å². The Hall–Kier alpha value is -0.830. The largest absolute Gasteiger partial charge is 0.399 e. The number of hydrogen-bond acceptors (Lipinski definition) is 2. The smallest absolute Gasteiger partial charge is 0.229 e. The number of benzene rings is 2. The molecule has 0 saturated heterocycles. The molecule has 0 spiro atoms. The lowest BCUT2D eigenvalue weighted by atomic mass is 9.95. The molecular formula is C17H20I2N2O. The summed E-state index contributed by atoms with van der Waals surface area (Å²) < 4.78 is 2.30. The fraction of sp³-hybridized carbons (Fsp3) is 0.235. The summed E-state index contributed by atoms with van der Waals surface area (Å²) in [6.45, 7) is 5.70. The number of nitrogens with one attached hydrogen (secondary N) is 1. The summed E-state index contributed by atoms with van der Waals surface area (Å²) in [5, 5.41) is 2.88. The van der Waals surface area contributed by atoms with E-state index in [-0.39, 0.29) is 11.3 Å². The molecule has 0 atom stereocenters. The first-order valence-electron chi connectivity index (χ1n) is 6.76. The Balaban J connectivity index is 0.000000255. The van der Waals surface area contributed by atoms with Gasteiger partial charge in [-0.05, 0) is 81.6 Å². The fourth-order valence-corrected chi connectivity index (χ4v) is 2.50. The van der Waals surface area contributed by atoms with Gasteiger partial charge in [0, 0.05) is 23.9 Å². The van der Waals surface area contributed by atoms with E-state index in [4.69, 9.17) is 5.73 Å². The molecule has 0 aliphatic heterocycles. The molecule has 0 saturated carbocycles. The van der Waals surface area contributed by atoms with E-state index >= 15 is 0 Å². The van der Waals surface area contributed by atoms with Crippen molar-refractivity contribution in [1.29, 1.82) is 0 Å². The van der Waals surface area contributed by atoms with Crippen LogP contribution in [0.15, 0.2) is 48.5 Å². The Labute approximate surface area is 159 Å². The Kier molecular flexibility index (Phi) is 7.61. The van der Waals surface area contributed by atoms with E-state index in [1.54, 1.807) is 0 Å². The molecule has 1 amide bonds.